The summed E-state index contributed by atoms with van der Waals surface area (Å²) in [7, 11) is 1.56. The molecule has 1 unspecified atom stereocenters. The van der Waals surface area contributed by atoms with E-state index in [0.717, 1.165) is 5.56 Å². The summed E-state index contributed by atoms with van der Waals surface area (Å²) < 4.78 is 10.5. The summed E-state index contributed by atoms with van der Waals surface area (Å²) in [5, 5.41) is 16.1. The third-order valence-electron chi connectivity index (χ3n) is 4.99. The molecule has 2 aromatic rings. The van der Waals surface area contributed by atoms with Gasteiger partial charge in [0.05, 0.1) is 13.0 Å². The summed E-state index contributed by atoms with van der Waals surface area (Å²) >= 11 is 0. The van der Waals surface area contributed by atoms with Crippen molar-refractivity contribution in [3.05, 3.63) is 41.5 Å². The Morgan fingerprint density at radius 2 is 1.89 bits per heavy atom. The summed E-state index contributed by atoms with van der Waals surface area (Å²) in [6.07, 6.45) is 2.11. The smallest absolute Gasteiger partial charge is 0.306 e. The summed E-state index contributed by atoms with van der Waals surface area (Å²) in [5.74, 6) is -0.157. The van der Waals surface area contributed by atoms with Gasteiger partial charge in [-0.2, -0.15) is 4.98 Å². The highest BCUT2D eigenvalue weighted by Gasteiger charge is 2.32. The molecule has 1 aromatic carbocycles. The number of carbonyl (C=O) groups is 2. The lowest BCUT2D eigenvalue weighted by Crippen LogP contribution is -2.37. The van der Waals surface area contributed by atoms with Crippen molar-refractivity contribution in [1.29, 1.82) is 0 Å². The van der Waals surface area contributed by atoms with E-state index in [1.807, 2.05) is 18.2 Å². The third-order valence-corrected chi connectivity index (χ3v) is 4.99. The van der Waals surface area contributed by atoms with Crippen LogP contribution in [0.25, 0.3) is 0 Å². The number of nitrogens with one attached hydrogen (secondary N) is 1. The molecule has 0 radical (unpaired) electrons. The van der Waals surface area contributed by atoms with Gasteiger partial charge < -0.3 is 19.7 Å². The van der Waals surface area contributed by atoms with E-state index >= 15 is 0 Å². The Hall–Kier alpha value is -2.90. The first-order chi connectivity index (χ1) is 13.0. The van der Waals surface area contributed by atoms with Crippen molar-refractivity contribution in [2.75, 3.05) is 7.11 Å². The Labute approximate surface area is 156 Å². The molecule has 0 spiro atoms. The largest absolute Gasteiger partial charge is 0.496 e. The lowest BCUT2D eigenvalue weighted by Gasteiger charge is -2.27. The number of para-hydroxylation sites is 1. The normalized spacial score (nSPS) is 20.7. The van der Waals surface area contributed by atoms with Crippen LogP contribution in [-0.4, -0.2) is 34.2 Å². The molecule has 2 N–H and O–H groups in total. The Bertz CT molecular complexity index is 811. The third kappa shape index (κ3) is 4.27. The molecule has 1 saturated carbocycles. The van der Waals surface area contributed by atoms with Gasteiger partial charge in [0, 0.05) is 18.4 Å². The van der Waals surface area contributed by atoms with Gasteiger partial charge in [-0.1, -0.05) is 23.4 Å². The van der Waals surface area contributed by atoms with Crippen molar-refractivity contribution in [2.45, 2.75) is 38.6 Å². The van der Waals surface area contributed by atoms with Crippen LogP contribution in [0.4, 0.5) is 0 Å². The van der Waals surface area contributed by atoms with Gasteiger partial charge in [0.2, 0.25) is 11.8 Å². The van der Waals surface area contributed by atoms with E-state index in [1.165, 1.54) is 0 Å². The number of benzene rings is 1. The summed E-state index contributed by atoms with van der Waals surface area (Å²) in [4.78, 5) is 28.2. The first kappa shape index (κ1) is 18.9. The average molecular weight is 373 g/mol. The molecular formula is C19H23N3O5. The van der Waals surface area contributed by atoms with E-state index in [-0.39, 0.29) is 17.7 Å². The topological polar surface area (TPSA) is 115 Å². The van der Waals surface area contributed by atoms with Gasteiger partial charge in [0.25, 0.3) is 0 Å². The van der Waals surface area contributed by atoms with Crippen molar-refractivity contribution in [1.82, 2.24) is 15.5 Å². The zero-order valence-electron chi connectivity index (χ0n) is 15.3. The van der Waals surface area contributed by atoms with Crippen LogP contribution < -0.4 is 10.1 Å². The maximum Gasteiger partial charge on any atom is 0.306 e. The highest BCUT2D eigenvalue weighted by Crippen LogP contribution is 2.32. The molecule has 1 atom stereocenters. The summed E-state index contributed by atoms with van der Waals surface area (Å²) in [6, 6.07) is 6.73. The van der Waals surface area contributed by atoms with Gasteiger partial charge in [-0.25, -0.2) is 0 Å². The van der Waals surface area contributed by atoms with Crippen molar-refractivity contribution >= 4 is 11.9 Å². The van der Waals surface area contributed by atoms with Gasteiger partial charge >= 0.3 is 5.97 Å². The first-order valence-corrected chi connectivity index (χ1v) is 8.96. The fourth-order valence-corrected chi connectivity index (χ4v) is 3.48. The predicted octanol–water partition coefficient (Wildman–Crippen LogP) is 2.48. The standard InChI is InChI=1S/C19H23N3O5/c1-11-20-17(22-27-11)16(14-5-3-4-6-15(14)26-2)21-18(23)12-7-9-13(10-8-12)19(24)25/h3-6,12-13,16H,7-10H2,1-2H3,(H,21,23)(H,24,25). The Balaban J connectivity index is 1.80. The lowest BCUT2D eigenvalue weighted by molar-refractivity contribution is -0.144. The predicted molar refractivity (Wildman–Crippen MR) is 95.1 cm³/mol. The van der Waals surface area contributed by atoms with E-state index < -0.39 is 12.0 Å². The molecule has 1 heterocycles. The number of aryl methyl sites for hydroxylation is 1. The van der Waals surface area contributed by atoms with E-state index in [1.54, 1.807) is 20.1 Å². The molecule has 1 aromatic heterocycles. The second kappa shape index (κ2) is 8.20. The maximum absolute atomic E-state index is 12.9. The number of carboxylic acids is 1. The van der Waals surface area contributed by atoms with Crippen molar-refractivity contribution in [3.63, 3.8) is 0 Å². The zero-order chi connectivity index (χ0) is 19.4. The minimum Gasteiger partial charge on any atom is -0.496 e. The zero-order valence-corrected chi connectivity index (χ0v) is 15.3. The van der Waals surface area contributed by atoms with Gasteiger partial charge in [-0.05, 0) is 31.7 Å². The van der Waals surface area contributed by atoms with E-state index in [9.17, 15) is 9.59 Å². The van der Waals surface area contributed by atoms with Crippen LogP contribution in [0.1, 0.15) is 49.0 Å². The van der Waals surface area contributed by atoms with Crippen LogP contribution in [0.3, 0.4) is 0 Å². The van der Waals surface area contributed by atoms with Gasteiger partial charge in [0.15, 0.2) is 5.82 Å². The molecule has 144 valence electrons. The quantitative estimate of drug-likeness (QED) is 0.799. The minimum absolute atomic E-state index is 0.141. The van der Waals surface area contributed by atoms with Crippen LogP contribution in [0.5, 0.6) is 5.75 Å². The number of ether oxygens (including phenoxy) is 1. The number of hydrogen-bond donors (Lipinski definition) is 2. The van der Waals surface area contributed by atoms with Crippen LogP contribution in [0.2, 0.25) is 0 Å². The second-order valence-electron chi connectivity index (χ2n) is 6.74. The number of amides is 1. The molecule has 0 bridgehead atoms. The Morgan fingerprint density at radius 1 is 1.22 bits per heavy atom. The van der Waals surface area contributed by atoms with Crippen LogP contribution in [-0.2, 0) is 9.59 Å². The minimum atomic E-state index is -0.789. The van der Waals surface area contributed by atoms with Gasteiger partial charge in [-0.3, -0.25) is 9.59 Å². The number of aromatic nitrogens is 2. The molecule has 8 nitrogen and oxygen atoms in total. The Morgan fingerprint density at radius 3 is 2.48 bits per heavy atom. The van der Waals surface area contributed by atoms with Crippen molar-refractivity contribution in [2.24, 2.45) is 11.8 Å². The summed E-state index contributed by atoms with van der Waals surface area (Å²) in [6.45, 7) is 1.69. The number of methoxy groups -OCH3 is 1. The number of carboxylic acid groups (broad SMARTS) is 1. The molecule has 27 heavy (non-hydrogen) atoms. The van der Waals surface area contributed by atoms with Crippen LogP contribution in [0.15, 0.2) is 28.8 Å². The van der Waals surface area contributed by atoms with Crippen molar-refractivity contribution < 1.29 is 24.0 Å². The molecule has 8 heteroatoms. The lowest BCUT2D eigenvalue weighted by atomic mass is 9.81. The maximum atomic E-state index is 12.9. The SMILES string of the molecule is COc1ccccc1C(NC(=O)C1CCC(C(=O)O)CC1)c1noc(C)n1. The van der Waals surface area contributed by atoms with Gasteiger partial charge in [0.1, 0.15) is 11.8 Å². The van der Waals surface area contributed by atoms with Crippen molar-refractivity contribution in [3.8, 4) is 5.75 Å². The highest BCUT2D eigenvalue weighted by molar-refractivity contribution is 5.80. The van der Waals surface area contributed by atoms with E-state index in [4.69, 9.17) is 14.4 Å². The summed E-state index contributed by atoms with van der Waals surface area (Å²) in [5.41, 5.74) is 0.730. The average Bonchev–Trinajstić information content (AvgIpc) is 3.12. The molecule has 1 fully saturated rings. The molecule has 1 aliphatic carbocycles. The molecule has 1 amide bonds. The second-order valence-corrected chi connectivity index (χ2v) is 6.74. The van der Waals surface area contributed by atoms with E-state index in [2.05, 4.69) is 15.5 Å². The molecule has 0 aliphatic heterocycles. The number of hydrogen-bond acceptors (Lipinski definition) is 6. The fraction of sp³-hybridized carbons (Fsp3) is 0.474. The molecule has 3 rings (SSSR count). The first-order valence-electron chi connectivity index (χ1n) is 8.96. The van der Waals surface area contributed by atoms with Gasteiger partial charge in [-0.15, -0.1) is 0 Å². The highest BCUT2D eigenvalue weighted by atomic mass is 16.5. The number of rotatable bonds is 6. The van der Waals surface area contributed by atoms with E-state index in [0.29, 0.717) is 43.1 Å². The van der Waals surface area contributed by atoms with Crippen LogP contribution in [0, 0.1) is 18.8 Å². The number of carbonyl (C=O) groups excluding carboxylic acids is 1. The number of aliphatic carboxylic acids is 1. The Kier molecular flexibility index (Phi) is 5.73. The van der Waals surface area contributed by atoms with Crippen LogP contribution >= 0.6 is 0 Å². The molecular weight excluding hydrogens is 350 g/mol. The monoisotopic (exact) mass is 373 g/mol. The molecule has 1 aliphatic rings. The molecule has 0 saturated heterocycles. The fourth-order valence-electron chi connectivity index (χ4n) is 3.48. The number of nitrogens with zero attached hydrogens (tertiary/aromatic N) is 2.